The molecule has 0 spiro atoms. The van der Waals surface area contributed by atoms with Crippen LogP contribution in [-0.4, -0.2) is 41.5 Å². The molecule has 0 atom stereocenters. The summed E-state index contributed by atoms with van der Waals surface area (Å²) in [6, 6.07) is 11.4. The molecule has 1 aromatic carbocycles. The standard InChI is InChI=1S/C21H22N4O3S/c1-14(2)15-5-7-16(8-6-15)25-10-9-24(21(25)27)12-19(26)23-20-22-17(13-29-20)18-4-3-11-28-18/h3-8,11,13-14H,9-10,12H2,1-2H3,(H,22,23,26). The fourth-order valence-corrected chi connectivity index (χ4v) is 3.92. The Balaban J connectivity index is 1.35. The van der Waals surface area contributed by atoms with Crippen LogP contribution >= 0.6 is 11.3 Å². The normalized spacial score (nSPS) is 14.1. The van der Waals surface area contributed by atoms with Gasteiger partial charge in [-0.2, -0.15) is 0 Å². The predicted octanol–water partition coefficient (Wildman–Crippen LogP) is 4.41. The minimum absolute atomic E-state index is 0.00488. The van der Waals surface area contributed by atoms with Crippen molar-refractivity contribution in [1.82, 2.24) is 9.88 Å². The number of nitrogens with one attached hydrogen (secondary N) is 1. The maximum Gasteiger partial charge on any atom is 0.325 e. The molecule has 3 aromatic rings. The first-order valence-corrected chi connectivity index (χ1v) is 10.3. The van der Waals surface area contributed by atoms with E-state index in [1.165, 1.54) is 16.9 Å². The lowest BCUT2D eigenvalue weighted by Gasteiger charge is -2.19. The van der Waals surface area contributed by atoms with Crippen molar-refractivity contribution < 1.29 is 14.0 Å². The number of carbonyl (C=O) groups excluding carboxylic acids is 2. The van der Waals surface area contributed by atoms with E-state index < -0.39 is 0 Å². The summed E-state index contributed by atoms with van der Waals surface area (Å²) in [6.07, 6.45) is 1.58. The molecule has 150 valence electrons. The average Bonchev–Trinajstić information content (AvgIpc) is 3.44. The number of benzene rings is 1. The molecule has 1 fully saturated rings. The first-order chi connectivity index (χ1) is 14.0. The summed E-state index contributed by atoms with van der Waals surface area (Å²) in [6.45, 7) is 5.34. The summed E-state index contributed by atoms with van der Waals surface area (Å²) in [4.78, 5) is 32.7. The van der Waals surface area contributed by atoms with Gasteiger partial charge in [0.2, 0.25) is 5.91 Å². The van der Waals surface area contributed by atoms with Gasteiger partial charge in [0.05, 0.1) is 6.26 Å². The molecular weight excluding hydrogens is 388 g/mol. The second-order valence-electron chi connectivity index (χ2n) is 7.17. The van der Waals surface area contributed by atoms with Crippen molar-refractivity contribution in [3.63, 3.8) is 0 Å². The first-order valence-electron chi connectivity index (χ1n) is 9.47. The molecule has 0 saturated carbocycles. The van der Waals surface area contributed by atoms with E-state index in [9.17, 15) is 9.59 Å². The average molecular weight is 410 g/mol. The van der Waals surface area contributed by atoms with Crippen LogP contribution in [0, 0.1) is 0 Å². The molecule has 8 heteroatoms. The van der Waals surface area contributed by atoms with Gasteiger partial charge in [0.1, 0.15) is 12.2 Å². The highest BCUT2D eigenvalue weighted by atomic mass is 32.1. The quantitative estimate of drug-likeness (QED) is 0.653. The topological polar surface area (TPSA) is 78.7 Å². The second kappa shape index (κ2) is 8.08. The Morgan fingerprint density at radius 2 is 2.03 bits per heavy atom. The van der Waals surface area contributed by atoms with Crippen LogP contribution in [0.3, 0.4) is 0 Å². The lowest BCUT2D eigenvalue weighted by molar-refractivity contribution is -0.116. The van der Waals surface area contributed by atoms with E-state index in [2.05, 4.69) is 24.1 Å². The van der Waals surface area contributed by atoms with E-state index in [4.69, 9.17) is 4.42 Å². The highest BCUT2D eigenvalue weighted by Crippen LogP contribution is 2.26. The summed E-state index contributed by atoms with van der Waals surface area (Å²) < 4.78 is 5.31. The fraction of sp³-hybridized carbons (Fsp3) is 0.286. The zero-order chi connectivity index (χ0) is 20.4. The molecule has 0 radical (unpaired) electrons. The molecule has 7 nitrogen and oxygen atoms in total. The van der Waals surface area contributed by atoms with Crippen molar-refractivity contribution in [3.8, 4) is 11.5 Å². The molecule has 1 saturated heterocycles. The summed E-state index contributed by atoms with van der Waals surface area (Å²) in [5.41, 5.74) is 2.75. The molecule has 1 aliphatic rings. The zero-order valence-electron chi connectivity index (χ0n) is 16.3. The van der Waals surface area contributed by atoms with Crippen LogP contribution in [0.2, 0.25) is 0 Å². The van der Waals surface area contributed by atoms with Gasteiger partial charge in [0, 0.05) is 24.2 Å². The van der Waals surface area contributed by atoms with Crippen LogP contribution in [0.25, 0.3) is 11.5 Å². The minimum Gasteiger partial charge on any atom is -0.463 e. The number of urea groups is 1. The number of amides is 3. The summed E-state index contributed by atoms with van der Waals surface area (Å²) in [5, 5.41) is 5.06. The summed E-state index contributed by atoms with van der Waals surface area (Å²) in [5.74, 6) is 0.823. The van der Waals surface area contributed by atoms with Gasteiger partial charge in [0.15, 0.2) is 10.9 Å². The van der Waals surface area contributed by atoms with E-state index in [0.717, 1.165) is 5.69 Å². The van der Waals surface area contributed by atoms with Gasteiger partial charge >= 0.3 is 6.03 Å². The Morgan fingerprint density at radius 1 is 1.24 bits per heavy atom. The minimum atomic E-state index is -0.268. The van der Waals surface area contributed by atoms with E-state index in [0.29, 0.717) is 35.6 Å². The van der Waals surface area contributed by atoms with Crippen LogP contribution in [0.15, 0.2) is 52.5 Å². The number of hydrogen-bond donors (Lipinski definition) is 1. The van der Waals surface area contributed by atoms with Gasteiger partial charge in [-0.15, -0.1) is 11.3 Å². The summed E-state index contributed by atoms with van der Waals surface area (Å²) in [7, 11) is 0. The molecule has 0 aliphatic carbocycles. The Morgan fingerprint density at radius 3 is 2.72 bits per heavy atom. The third-order valence-electron chi connectivity index (χ3n) is 4.83. The molecule has 1 N–H and O–H groups in total. The van der Waals surface area contributed by atoms with E-state index in [-0.39, 0.29) is 18.5 Å². The van der Waals surface area contributed by atoms with Crippen LogP contribution < -0.4 is 10.2 Å². The molecule has 3 heterocycles. The molecular formula is C21H22N4O3S. The Kier molecular flexibility index (Phi) is 5.35. The van der Waals surface area contributed by atoms with Gasteiger partial charge in [-0.1, -0.05) is 26.0 Å². The SMILES string of the molecule is CC(C)c1ccc(N2CCN(CC(=O)Nc3nc(-c4ccco4)cs3)C2=O)cc1. The third-order valence-corrected chi connectivity index (χ3v) is 5.58. The van der Waals surface area contributed by atoms with E-state index in [1.54, 1.807) is 22.1 Å². The molecule has 0 unspecified atom stereocenters. The van der Waals surface area contributed by atoms with Gasteiger partial charge in [0.25, 0.3) is 0 Å². The van der Waals surface area contributed by atoms with Crippen LogP contribution in [0.5, 0.6) is 0 Å². The number of thiazole rings is 1. The smallest absolute Gasteiger partial charge is 0.325 e. The van der Waals surface area contributed by atoms with Crippen LogP contribution in [0.1, 0.15) is 25.3 Å². The lowest BCUT2D eigenvalue weighted by atomic mass is 10.0. The van der Waals surface area contributed by atoms with Gasteiger partial charge < -0.3 is 14.6 Å². The zero-order valence-corrected chi connectivity index (χ0v) is 17.1. The van der Waals surface area contributed by atoms with Crippen molar-refractivity contribution in [2.45, 2.75) is 19.8 Å². The molecule has 0 bridgehead atoms. The Hall–Kier alpha value is -3.13. The molecule has 29 heavy (non-hydrogen) atoms. The fourth-order valence-electron chi connectivity index (χ4n) is 3.21. The van der Waals surface area contributed by atoms with Crippen molar-refractivity contribution in [2.24, 2.45) is 0 Å². The van der Waals surface area contributed by atoms with Crippen LogP contribution in [0.4, 0.5) is 15.6 Å². The number of rotatable bonds is 6. The Labute approximate surface area is 173 Å². The monoisotopic (exact) mass is 410 g/mol. The van der Waals surface area contributed by atoms with Crippen molar-refractivity contribution in [3.05, 3.63) is 53.6 Å². The van der Waals surface area contributed by atoms with Crippen molar-refractivity contribution >= 4 is 34.1 Å². The number of aromatic nitrogens is 1. The van der Waals surface area contributed by atoms with Crippen molar-refractivity contribution in [1.29, 1.82) is 0 Å². The highest BCUT2D eigenvalue weighted by molar-refractivity contribution is 7.14. The summed E-state index contributed by atoms with van der Waals surface area (Å²) >= 11 is 1.32. The maximum atomic E-state index is 12.7. The first kappa shape index (κ1) is 19.2. The largest absolute Gasteiger partial charge is 0.463 e. The van der Waals surface area contributed by atoms with Gasteiger partial charge in [-0.3, -0.25) is 9.69 Å². The maximum absolute atomic E-state index is 12.7. The van der Waals surface area contributed by atoms with E-state index in [1.807, 2.05) is 35.7 Å². The van der Waals surface area contributed by atoms with E-state index >= 15 is 0 Å². The molecule has 3 amide bonds. The third kappa shape index (κ3) is 4.17. The van der Waals surface area contributed by atoms with Crippen LogP contribution in [-0.2, 0) is 4.79 Å². The highest BCUT2D eigenvalue weighted by Gasteiger charge is 2.31. The molecule has 2 aromatic heterocycles. The van der Waals surface area contributed by atoms with Gasteiger partial charge in [-0.25, -0.2) is 9.78 Å². The predicted molar refractivity (Wildman–Crippen MR) is 113 cm³/mol. The number of anilines is 2. The Bertz CT molecular complexity index is 995. The van der Waals surface area contributed by atoms with Gasteiger partial charge in [-0.05, 0) is 35.7 Å². The number of nitrogens with zero attached hydrogens (tertiary/aromatic N) is 3. The number of furan rings is 1. The molecule has 4 rings (SSSR count). The van der Waals surface area contributed by atoms with Crippen molar-refractivity contribution in [2.75, 3.05) is 29.9 Å². The number of hydrogen-bond acceptors (Lipinski definition) is 5. The molecule has 1 aliphatic heterocycles. The lowest BCUT2D eigenvalue weighted by Crippen LogP contribution is -2.37. The second-order valence-corrected chi connectivity index (χ2v) is 8.02. The number of carbonyl (C=O) groups is 2.